The van der Waals surface area contributed by atoms with E-state index in [0.717, 1.165) is 39.1 Å². The average molecular weight is 446 g/mol. The van der Waals surface area contributed by atoms with E-state index in [1.807, 2.05) is 13.8 Å². The maximum Gasteiger partial charge on any atom is 0.423 e. The lowest BCUT2D eigenvalue weighted by atomic mass is 10.1. The highest BCUT2D eigenvalue weighted by atomic mass is 32.2. The van der Waals surface area contributed by atoms with Crippen molar-refractivity contribution in [2.45, 2.75) is 44.4 Å². The predicted octanol–water partition coefficient (Wildman–Crippen LogP) is 3.30. The molecule has 0 heterocycles. The van der Waals surface area contributed by atoms with Crippen LogP contribution in [0.2, 0.25) is 0 Å². The number of hydrogen-bond acceptors (Lipinski definition) is 9. The number of nitrogens with zero attached hydrogens (tertiary/aromatic N) is 4. The number of methoxy groups -OCH3 is 1. The van der Waals surface area contributed by atoms with E-state index in [2.05, 4.69) is 4.74 Å². The zero-order valence-corrected chi connectivity index (χ0v) is 18.2. The minimum atomic E-state index is -4.61. The Morgan fingerprint density at radius 3 is 1.80 bits per heavy atom. The Morgan fingerprint density at radius 2 is 1.47 bits per heavy atom. The molecule has 0 saturated carbocycles. The molecule has 0 atom stereocenters. The Bertz CT molecular complexity index is 860. The highest BCUT2D eigenvalue weighted by molar-refractivity contribution is 7.89. The third-order valence-corrected chi connectivity index (χ3v) is 6.11. The van der Waals surface area contributed by atoms with Crippen LogP contribution < -0.4 is 4.90 Å². The number of amides is 1. The molecule has 1 amide bonds. The van der Waals surface area contributed by atoms with Crippen molar-refractivity contribution in [3.05, 3.63) is 32.4 Å². The van der Waals surface area contributed by atoms with Crippen LogP contribution in [0.5, 0.6) is 0 Å². The van der Waals surface area contributed by atoms with E-state index in [1.54, 1.807) is 4.90 Å². The maximum atomic E-state index is 12.7. The number of nitro groups is 2. The van der Waals surface area contributed by atoms with Gasteiger partial charge in [-0.1, -0.05) is 26.7 Å². The molecule has 0 radical (unpaired) electrons. The van der Waals surface area contributed by atoms with E-state index in [0.29, 0.717) is 25.9 Å². The number of unbranched alkanes of at least 4 members (excludes halogenated alkanes) is 2. The van der Waals surface area contributed by atoms with Crippen molar-refractivity contribution in [3.8, 4) is 0 Å². The molecule has 30 heavy (non-hydrogen) atoms. The monoisotopic (exact) mass is 446 g/mol. The van der Waals surface area contributed by atoms with E-state index < -0.39 is 42.2 Å². The van der Waals surface area contributed by atoms with Crippen molar-refractivity contribution in [1.29, 1.82) is 0 Å². The van der Waals surface area contributed by atoms with Gasteiger partial charge in [0.05, 0.1) is 17.0 Å². The first-order valence-corrected chi connectivity index (χ1v) is 10.7. The van der Waals surface area contributed by atoms with Gasteiger partial charge in [0.15, 0.2) is 5.69 Å². The van der Waals surface area contributed by atoms with Gasteiger partial charge in [-0.3, -0.25) is 20.2 Å². The fraction of sp³-hybridized carbons (Fsp3) is 0.588. The summed E-state index contributed by atoms with van der Waals surface area (Å²) in [6.07, 6.45) is 1.57. The molecule has 0 fully saturated rings. The summed E-state index contributed by atoms with van der Waals surface area (Å²) in [4.78, 5) is 34.2. The zero-order valence-electron chi connectivity index (χ0n) is 17.4. The molecule has 1 aromatic rings. The second kappa shape index (κ2) is 10.7. The summed E-state index contributed by atoms with van der Waals surface area (Å²) in [5, 5.41) is 23.5. The second-order valence-electron chi connectivity index (χ2n) is 6.46. The standard InChI is InChI=1S/C17H26N4O8S/c1-5-7-9-19(10-8-6-2)16-14(20(23)24)11-13(12-15(16)21(25)26)30(27,28)18(3)17(22)29-4/h11-12H,5-10H2,1-4H3. The van der Waals surface area contributed by atoms with Gasteiger partial charge in [0.1, 0.15) is 4.90 Å². The van der Waals surface area contributed by atoms with Gasteiger partial charge in [0.25, 0.3) is 10.0 Å². The van der Waals surface area contributed by atoms with Crippen molar-refractivity contribution in [2.75, 3.05) is 32.1 Å². The first-order chi connectivity index (χ1) is 14.0. The van der Waals surface area contributed by atoms with Crippen LogP contribution in [-0.2, 0) is 14.8 Å². The van der Waals surface area contributed by atoms with Crippen molar-refractivity contribution >= 4 is 33.2 Å². The number of carbonyl (C=O) groups excluding carboxylic acids is 1. The van der Waals surface area contributed by atoms with Crippen LogP contribution >= 0.6 is 0 Å². The number of rotatable bonds is 11. The topological polar surface area (TPSA) is 153 Å². The van der Waals surface area contributed by atoms with Crippen LogP contribution in [0.15, 0.2) is 17.0 Å². The molecule has 0 unspecified atom stereocenters. The van der Waals surface area contributed by atoms with Crippen LogP contribution in [0.4, 0.5) is 21.9 Å². The molecule has 0 spiro atoms. The van der Waals surface area contributed by atoms with Gasteiger partial charge in [0, 0.05) is 32.3 Å². The summed E-state index contributed by atoms with van der Waals surface area (Å²) in [5.74, 6) is 0. The number of carbonyl (C=O) groups is 1. The summed E-state index contributed by atoms with van der Waals surface area (Å²) < 4.78 is 29.9. The fourth-order valence-electron chi connectivity index (χ4n) is 2.75. The van der Waals surface area contributed by atoms with Crippen molar-refractivity contribution in [1.82, 2.24) is 4.31 Å². The normalized spacial score (nSPS) is 11.1. The van der Waals surface area contributed by atoms with Gasteiger partial charge in [0.2, 0.25) is 0 Å². The van der Waals surface area contributed by atoms with Gasteiger partial charge in [-0.2, -0.15) is 0 Å². The van der Waals surface area contributed by atoms with Gasteiger partial charge >= 0.3 is 17.5 Å². The molecule has 1 aromatic carbocycles. The predicted molar refractivity (Wildman–Crippen MR) is 109 cm³/mol. The van der Waals surface area contributed by atoms with Crippen molar-refractivity contribution in [3.63, 3.8) is 0 Å². The van der Waals surface area contributed by atoms with Crippen LogP contribution in [0, 0.1) is 20.2 Å². The molecule has 1 rings (SSSR count). The summed E-state index contributed by atoms with van der Waals surface area (Å²) in [7, 11) is -2.76. The number of ether oxygens (including phenoxy) is 1. The Morgan fingerprint density at radius 1 is 1.03 bits per heavy atom. The zero-order chi connectivity index (χ0) is 23.1. The number of nitro benzene ring substituents is 2. The summed E-state index contributed by atoms with van der Waals surface area (Å²) in [5.41, 5.74) is -1.67. The van der Waals surface area contributed by atoms with Crippen molar-refractivity contribution < 1.29 is 27.8 Å². The largest absolute Gasteiger partial charge is 0.452 e. The molecule has 0 aliphatic rings. The Balaban J connectivity index is 3.78. The first-order valence-electron chi connectivity index (χ1n) is 9.31. The highest BCUT2D eigenvalue weighted by Crippen LogP contribution is 2.40. The third kappa shape index (κ3) is 5.55. The van der Waals surface area contributed by atoms with E-state index >= 15 is 0 Å². The smallest absolute Gasteiger partial charge is 0.423 e. The molecule has 0 N–H and O–H groups in total. The van der Waals surface area contributed by atoms with E-state index in [9.17, 15) is 33.4 Å². The molecule has 168 valence electrons. The lowest BCUT2D eigenvalue weighted by molar-refractivity contribution is -0.393. The van der Waals surface area contributed by atoms with Gasteiger partial charge in [-0.05, 0) is 12.8 Å². The minimum absolute atomic E-state index is 0.224. The number of anilines is 1. The fourth-order valence-corrected chi connectivity index (χ4v) is 3.86. The van der Waals surface area contributed by atoms with E-state index in [-0.39, 0.29) is 9.99 Å². The lowest BCUT2D eigenvalue weighted by Crippen LogP contribution is -2.33. The number of benzene rings is 1. The van der Waals surface area contributed by atoms with Crippen LogP contribution in [0.1, 0.15) is 39.5 Å². The molecule has 0 aliphatic heterocycles. The number of hydrogen-bond donors (Lipinski definition) is 0. The molecular formula is C17H26N4O8S. The molecule has 13 heteroatoms. The maximum absolute atomic E-state index is 12.7. The van der Waals surface area contributed by atoms with Crippen molar-refractivity contribution in [2.24, 2.45) is 0 Å². The molecule has 0 saturated heterocycles. The minimum Gasteiger partial charge on any atom is -0.452 e. The van der Waals surface area contributed by atoms with Crippen LogP contribution in [-0.4, -0.2) is 55.9 Å². The Hall–Kier alpha value is -2.96. The SMILES string of the molecule is CCCCN(CCCC)c1c([N+](=O)[O-])cc(S(=O)(=O)N(C)C(=O)OC)cc1[N+](=O)[O-]. The van der Waals surface area contributed by atoms with Gasteiger partial charge in [-0.15, -0.1) is 0 Å². The van der Waals surface area contributed by atoms with Gasteiger partial charge in [-0.25, -0.2) is 17.5 Å². The van der Waals surface area contributed by atoms with E-state index in [1.165, 1.54) is 0 Å². The highest BCUT2D eigenvalue weighted by Gasteiger charge is 2.36. The summed E-state index contributed by atoms with van der Waals surface area (Å²) in [6, 6.07) is 1.48. The average Bonchev–Trinajstić information content (AvgIpc) is 2.71. The Labute approximate surface area is 174 Å². The second-order valence-corrected chi connectivity index (χ2v) is 8.43. The van der Waals surface area contributed by atoms with Crippen LogP contribution in [0.3, 0.4) is 0 Å². The van der Waals surface area contributed by atoms with E-state index in [4.69, 9.17) is 0 Å². The quantitative estimate of drug-likeness (QED) is 0.368. The molecule has 0 aromatic heterocycles. The summed E-state index contributed by atoms with van der Waals surface area (Å²) in [6.45, 7) is 4.51. The molecule has 0 bridgehead atoms. The lowest BCUT2D eigenvalue weighted by Gasteiger charge is -2.24. The third-order valence-electron chi connectivity index (χ3n) is 4.41. The molecular weight excluding hydrogens is 420 g/mol. The Kier molecular flexibility index (Phi) is 8.95. The number of sulfonamides is 1. The van der Waals surface area contributed by atoms with Crippen LogP contribution in [0.25, 0.3) is 0 Å². The summed E-state index contributed by atoms with van der Waals surface area (Å²) >= 11 is 0. The first kappa shape index (κ1) is 25.1. The van der Waals surface area contributed by atoms with Gasteiger partial charge < -0.3 is 9.64 Å². The molecule has 12 nitrogen and oxygen atoms in total. The molecule has 0 aliphatic carbocycles.